The fourth-order valence-corrected chi connectivity index (χ4v) is 3.54. The zero-order valence-corrected chi connectivity index (χ0v) is 20.5. The second-order valence-electron chi connectivity index (χ2n) is 8.48. The van der Waals surface area contributed by atoms with E-state index in [9.17, 15) is 4.79 Å². The monoisotopic (exact) mass is 454 g/mol. The van der Waals surface area contributed by atoms with E-state index < -0.39 is 0 Å². The number of carbonyl (C=O) groups is 1. The lowest BCUT2D eigenvalue weighted by Gasteiger charge is -2.11. The highest BCUT2D eigenvalue weighted by molar-refractivity contribution is 5.93. The first kappa shape index (κ1) is 26.6. The van der Waals surface area contributed by atoms with Gasteiger partial charge in [0, 0.05) is 23.5 Å². The molecule has 2 N–H and O–H groups in total. The van der Waals surface area contributed by atoms with Crippen molar-refractivity contribution in [3.8, 4) is 11.5 Å². The number of anilines is 2. The summed E-state index contributed by atoms with van der Waals surface area (Å²) in [6.07, 6.45) is 12.1. The van der Waals surface area contributed by atoms with Gasteiger partial charge < -0.3 is 20.1 Å². The van der Waals surface area contributed by atoms with Crippen LogP contribution in [0.2, 0.25) is 0 Å². The molecule has 2 rings (SSSR count). The minimum absolute atomic E-state index is 0.103. The van der Waals surface area contributed by atoms with Gasteiger partial charge in [-0.25, -0.2) is 0 Å². The summed E-state index contributed by atoms with van der Waals surface area (Å²) >= 11 is 0. The van der Waals surface area contributed by atoms with Crippen LogP contribution < -0.4 is 20.1 Å². The van der Waals surface area contributed by atoms with Crippen LogP contribution in [0.25, 0.3) is 0 Å². The van der Waals surface area contributed by atoms with E-state index in [1.165, 1.54) is 51.4 Å². The molecule has 0 fully saturated rings. The molecule has 0 aliphatic heterocycles. The Kier molecular flexibility index (Phi) is 13.6. The van der Waals surface area contributed by atoms with Crippen LogP contribution in [0.1, 0.15) is 78.1 Å². The van der Waals surface area contributed by atoms with E-state index in [1.54, 1.807) is 0 Å². The smallest absolute Gasteiger partial charge is 0.243 e. The van der Waals surface area contributed by atoms with Gasteiger partial charge in [0.15, 0.2) is 0 Å². The van der Waals surface area contributed by atoms with Crippen molar-refractivity contribution in [1.82, 2.24) is 0 Å². The largest absolute Gasteiger partial charge is 0.494 e. The molecule has 2 aromatic rings. The van der Waals surface area contributed by atoms with Crippen LogP contribution in [-0.4, -0.2) is 25.7 Å². The van der Waals surface area contributed by atoms with Gasteiger partial charge in [-0.05, 0) is 37.1 Å². The van der Waals surface area contributed by atoms with Crippen molar-refractivity contribution >= 4 is 17.3 Å². The van der Waals surface area contributed by atoms with Crippen molar-refractivity contribution in [2.75, 3.05) is 30.4 Å². The number of ether oxygens (including phenoxy) is 2. The zero-order chi connectivity index (χ0) is 23.6. The highest BCUT2D eigenvalue weighted by Gasteiger charge is 2.05. The summed E-state index contributed by atoms with van der Waals surface area (Å²) in [7, 11) is 0. The normalized spacial score (nSPS) is 10.6. The van der Waals surface area contributed by atoms with Crippen molar-refractivity contribution in [2.24, 2.45) is 0 Å². The Balaban J connectivity index is 1.69. The number of hydrogen-bond donors (Lipinski definition) is 2. The van der Waals surface area contributed by atoms with Gasteiger partial charge in [-0.3, -0.25) is 4.79 Å². The Morgan fingerprint density at radius 3 is 1.79 bits per heavy atom. The first-order valence-electron chi connectivity index (χ1n) is 12.7. The van der Waals surface area contributed by atoms with Gasteiger partial charge in [-0.2, -0.15) is 0 Å². The van der Waals surface area contributed by atoms with E-state index in [-0.39, 0.29) is 12.5 Å². The Morgan fingerprint density at radius 2 is 1.21 bits per heavy atom. The molecular formula is C28H42N2O3. The predicted octanol–water partition coefficient (Wildman–Crippen LogP) is 7.44. The van der Waals surface area contributed by atoms with Crippen LogP contribution in [0.3, 0.4) is 0 Å². The Bertz CT molecular complexity index is 794. The quantitative estimate of drug-likeness (QED) is 0.230. The average Bonchev–Trinajstić information content (AvgIpc) is 2.83. The van der Waals surface area contributed by atoms with Crippen LogP contribution >= 0.6 is 0 Å². The number of unbranched alkanes of at least 4 members (excludes halogenated alkanes) is 8. The maximum absolute atomic E-state index is 12.4. The van der Waals surface area contributed by atoms with Gasteiger partial charge in [-0.15, -0.1) is 0 Å². The zero-order valence-electron chi connectivity index (χ0n) is 20.5. The van der Waals surface area contributed by atoms with E-state index in [0.29, 0.717) is 6.61 Å². The first-order valence-corrected chi connectivity index (χ1v) is 12.7. The molecular weight excluding hydrogens is 412 g/mol. The van der Waals surface area contributed by atoms with Crippen molar-refractivity contribution < 1.29 is 14.3 Å². The Hall–Kier alpha value is -2.69. The summed E-state index contributed by atoms with van der Waals surface area (Å²) in [4.78, 5) is 12.4. The Labute approximate surface area is 200 Å². The van der Waals surface area contributed by atoms with Crippen LogP contribution in [-0.2, 0) is 4.79 Å². The molecule has 0 saturated carbocycles. The van der Waals surface area contributed by atoms with E-state index in [2.05, 4.69) is 24.5 Å². The maximum Gasteiger partial charge on any atom is 0.243 e. The van der Waals surface area contributed by atoms with Crippen molar-refractivity contribution in [3.05, 3.63) is 48.5 Å². The van der Waals surface area contributed by atoms with Crippen LogP contribution in [0.4, 0.5) is 11.4 Å². The summed E-state index contributed by atoms with van der Waals surface area (Å²) in [6, 6.07) is 15.3. The van der Waals surface area contributed by atoms with E-state index in [0.717, 1.165) is 42.3 Å². The third kappa shape index (κ3) is 12.2. The number of benzene rings is 2. The summed E-state index contributed by atoms with van der Waals surface area (Å²) < 4.78 is 11.7. The molecule has 0 aromatic heterocycles. The highest BCUT2D eigenvalue weighted by atomic mass is 16.5. The molecule has 0 bridgehead atoms. The lowest BCUT2D eigenvalue weighted by molar-refractivity contribution is -0.114. The molecule has 0 aliphatic rings. The average molecular weight is 455 g/mol. The third-order valence-electron chi connectivity index (χ3n) is 5.44. The molecule has 0 aliphatic carbocycles. The molecule has 0 radical (unpaired) electrons. The summed E-state index contributed by atoms with van der Waals surface area (Å²) in [6.45, 7) is 6.06. The van der Waals surface area contributed by atoms with Gasteiger partial charge in [0.05, 0.1) is 19.8 Å². The molecule has 33 heavy (non-hydrogen) atoms. The van der Waals surface area contributed by atoms with Crippen LogP contribution in [0.5, 0.6) is 11.5 Å². The van der Waals surface area contributed by atoms with Crippen molar-refractivity contribution in [3.63, 3.8) is 0 Å². The second kappa shape index (κ2) is 16.9. The summed E-state index contributed by atoms with van der Waals surface area (Å²) in [5.74, 6) is 1.51. The lowest BCUT2D eigenvalue weighted by atomic mass is 10.2. The number of nitrogens with one attached hydrogen (secondary N) is 2. The summed E-state index contributed by atoms with van der Waals surface area (Å²) in [5, 5.41) is 6.10. The Morgan fingerprint density at radius 1 is 0.697 bits per heavy atom. The number of hydrogen-bond acceptors (Lipinski definition) is 4. The third-order valence-corrected chi connectivity index (χ3v) is 5.44. The fourth-order valence-electron chi connectivity index (χ4n) is 3.54. The second-order valence-corrected chi connectivity index (χ2v) is 8.48. The van der Waals surface area contributed by atoms with Crippen LogP contribution in [0.15, 0.2) is 48.5 Å². The molecule has 0 heterocycles. The van der Waals surface area contributed by atoms with Crippen molar-refractivity contribution in [2.45, 2.75) is 78.1 Å². The van der Waals surface area contributed by atoms with Crippen LogP contribution in [0, 0.1) is 0 Å². The minimum atomic E-state index is -0.103. The predicted molar refractivity (Wildman–Crippen MR) is 139 cm³/mol. The molecule has 0 atom stereocenters. The standard InChI is InChI=1S/C28H42N2O3/c1-3-5-7-9-11-19-32-26-17-13-15-24(21-26)29-23-28(31)30-25-16-14-18-27(22-25)33-20-12-10-8-6-4-2/h13-18,21-22,29H,3-12,19-20,23H2,1-2H3,(H,30,31). The molecule has 5 heteroatoms. The molecule has 1 amide bonds. The molecule has 0 unspecified atom stereocenters. The van der Waals surface area contributed by atoms with Gasteiger partial charge in [-0.1, -0.05) is 77.3 Å². The summed E-state index contributed by atoms with van der Waals surface area (Å²) in [5.41, 5.74) is 1.61. The van der Waals surface area contributed by atoms with Gasteiger partial charge in [0.2, 0.25) is 5.91 Å². The lowest BCUT2D eigenvalue weighted by Crippen LogP contribution is -2.21. The maximum atomic E-state index is 12.4. The fraction of sp³-hybridized carbons (Fsp3) is 0.536. The highest BCUT2D eigenvalue weighted by Crippen LogP contribution is 2.19. The van der Waals surface area contributed by atoms with E-state index in [4.69, 9.17) is 9.47 Å². The van der Waals surface area contributed by atoms with Gasteiger partial charge >= 0.3 is 0 Å². The molecule has 0 spiro atoms. The molecule has 182 valence electrons. The SMILES string of the molecule is CCCCCCCOc1cccc(NCC(=O)Nc2cccc(OCCCCCCC)c2)c1. The molecule has 2 aromatic carbocycles. The van der Waals surface area contributed by atoms with E-state index >= 15 is 0 Å². The molecule has 5 nitrogen and oxygen atoms in total. The number of rotatable bonds is 18. The number of carbonyl (C=O) groups excluding carboxylic acids is 1. The molecule has 0 saturated heterocycles. The van der Waals surface area contributed by atoms with Crippen molar-refractivity contribution in [1.29, 1.82) is 0 Å². The van der Waals surface area contributed by atoms with Gasteiger partial charge in [0.25, 0.3) is 0 Å². The minimum Gasteiger partial charge on any atom is -0.494 e. The van der Waals surface area contributed by atoms with E-state index in [1.807, 2.05) is 48.5 Å². The number of amides is 1. The van der Waals surface area contributed by atoms with Gasteiger partial charge in [0.1, 0.15) is 11.5 Å². The topological polar surface area (TPSA) is 59.6 Å². The first-order chi connectivity index (χ1) is 16.2.